The molecule has 0 amide bonds. The molecule has 2 heteroatoms. The summed E-state index contributed by atoms with van der Waals surface area (Å²) in [6, 6.07) is 18.0. The lowest BCUT2D eigenvalue weighted by molar-refractivity contribution is 0.469. The minimum Gasteiger partial charge on any atom is -0.438 e. The van der Waals surface area contributed by atoms with Crippen LogP contribution < -0.4 is 4.74 Å². The second-order valence-electron chi connectivity index (χ2n) is 4.26. The van der Waals surface area contributed by atoms with Crippen LogP contribution in [0.3, 0.4) is 0 Å². The minimum atomic E-state index is 0.655. The first-order chi connectivity index (χ1) is 8.83. The maximum absolute atomic E-state index is 5.84. The van der Waals surface area contributed by atoms with Crippen LogP contribution in [-0.4, -0.2) is 4.98 Å². The normalized spacial score (nSPS) is 10.5. The standard InChI is InChI=1S/C16H13NO/c1-12-7-8-13-9-10-17-16(15(13)11-12)18-14-5-3-2-4-6-14/h2-11H,1H3. The summed E-state index contributed by atoms with van der Waals surface area (Å²) in [4.78, 5) is 4.32. The second-order valence-corrected chi connectivity index (χ2v) is 4.26. The van der Waals surface area contributed by atoms with E-state index < -0.39 is 0 Å². The summed E-state index contributed by atoms with van der Waals surface area (Å²) >= 11 is 0. The number of benzene rings is 2. The zero-order valence-corrected chi connectivity index (χ0v) is 10.1. The number of aryl methyl sites for hydroxylation is 1. The summed E-state index contributed by atoms with van der Waals surface area (Å²) in [6.07, 6.45) is 1.77. The first-order valence-electron chi connectivity index (χ1n) is 5.91. The first kappa shape index (κ1) is 10.8. The summed E-state index contributed by atoms with van der Waals surface area (Å²) in [5.41, 5.74) is 1.20. The smallest absolute Gasteiger partial charge is 0.227 e. The third-order valence-corrected chi connectivity index (χ3v) is 2.84. The van der Waals surface area contributed by atoms with Crippen molar-refractivity contribution in [1.82, 2.24) is 4.98 Å². The molecule has 0 bridgehead atoms. The Kier molecular flexibility index (Phi) is 2.69. The Hall–Kier alpha value is -2.35. The summed E-state index contributed by atoms with van der Waals surface area (Å²) < 4.78 is 5.84. The number of rotatable bonds is 2. The van der Waals surface area contributed by atoms with E-state index in [-0.39, 0.29) is 0 Å². The summed E-state index contributed by atoms with van der Waals surface area (Å²) in [6.45, 7) is 2.07. The highest BCUT2D eigenvalue weighted by atomic mass is 16.5. The van der Waals surface area contributed by atoms with Crippen LogP contribution in [0.5, 0.6) is 11.6 Å². The van der Waals surface area contributed by atoms with E-state index >= 15 is 0 Å². The fourth-order valence-corrected chi connectivity index (χ4v) is 1.94. The molecule has 0 aliphatic carbocycles. The van der Waals surface area contributed by atoms with Crippen LogP contribution in [0.15, 0.2) is 60.8 Å². The van der Waals surface area contributed by atoms with Gasteiger partial charge in [0, 0.05) is 11.6 Å². The Labute approximate surface area is 106 Å². The van der Waals surface area contributed by atoms with Gasteiger partial charge in [-0.05, 0) is 36.6 Å². The van der Waals surface area contributed by atoms with Crippen LogP contribution >= 0.6 is 0 Å². The molecule has 2 nitrogen and oxygen atoms in total. The average molecular weight is 235 g/mol. The quantitative estimate of drug-likeness (QED) is 0.659. The molecule has 0 saturated heterocycles. The first-order valence-corrected chi connectivity index (χ1v) is 5.91. The fraction of sp³-hybridized carbons (Fsp3) is 0.0625. The fourth-order valence-electron chi connectivity index (χ4n) is 1.94. The van der Waals surface area contributed by atoms with E-state index in [1.807, 2.05) is 36.4 Å². The van der Waals surface area contributed by atoms with Gasteiger partial charge in [-0.25, -0.2) is 4.98 Å². The highest BCUT2D eigenvalue weighted by Gasteiger charge is 2.04. The van der Waals surface area contributed by atoms with E-state index in [4.69, 9.17) is 4.74 Å². The van der Waals surface area contributed by atoms with E-state index in [1.54, 1.807) is 6.20 Å². The zero-order valence-electron chi connectivity index (χ0n) is 10.1. The van der Waals surface area contributed by atoms with Crippen molar-refractivity contribution in [3.05, 3.63) is 66.4 Å². The lowest BCUT2D eigenvalue weighted by Crippen LogP contribution is -1.89. The summed E-state index contributed by atoms with van der Waals surface area (Å²) in [5, 5.41) is 2.18. The Bertz CT molecular complexity index is 677. The molecule has 0 radical (unpaired) electrons. The number of para-hydroxylation sites is 1. The maximum Gasteiger partial charge on any atom is 0.227 e. The summed E-state index contributed by atoms with van der Waals surface area (Å²) in [5.74, 6) is 1.46. The predicted octanol–water partition coefficient (Wildman–Crippen LogP) is 4.34. The molecular weight excluding hydrogens is 222 g/mol. The molecule has 0 unspecified atom stereocenters. The topological polar surface area (TPSA) is 22.1 Å². The zero-order chi connectivity index (χ0) is 12.4. The highest BCUT2D eigenvalue weighted by molar-refractivity contribution is 5.87. The van der Waals surface area contributed by atoms with Crippen molar-refractivity contribution in [3.8, 4) is 11.6 Å². The van der Waals surface area contributed by atoms with Gasteiger partial charge in [-0.3, -0.25) is 0 Å². The third-order valence-electron chi connectivity index (χ3n) is 2.84. The van der Waals surface area contributed by atoms with Gasteiger partial charge in [0.05, 0.1) is 0 Å². The van der Waals surface area contributed by atoms with Gasteiger partial charge in [0.15, 0.2) is 0 Å². The van der Waals surface area contributed by atoms with Gasteiger partial charge >= 0.3 is 0 Å². The molecule has 1 aromatic heterocycles. The van der Waals surface area contributed by atoms with E-state index in [0.717, 1.165) is 16.5 Å². The van der Waals surface area contributed by atoms with Gasteiger partial charge in [0.25, 0.3) is 0 Å². The third kappa shape index (κ3) is 2.05. The molecule has 0 aliphatic heterocycles. The van der Waals surface area contributed by atoms with Crippen LogP contribution in [-0.2, 0) is 0 Å². The SMILES string of the molecule is Cc1ccc2ccnc(Oc3ccccc3)c2c1. The van der Waals surface area contributed by atoms with Crippen molar-refractivity contribution in [3.63, 3.8) is 0 Å². The minimum absolute atomic E-state index is 0.655. The Morgan fingerprint density at radius 3 is 2.61 bits per heavy atom. The molecule has 0 atom stereocenters. The molecular formula is C16H13NO. The monoisotopic (exact) mass is 235 g/mol. The molecule has 88 valence electrons. The molecule has 0 aliphatic rings. The van der Waals surface area contributed by atoms with Gasteiger partial charge in [-0.15, -0.1) is 0 Å². The van der Waals surface area contributed by atoms with E-state index in [9.17, 15) is 0 Å². The van der Waals surface area contributed by atoms with Crippen LogP contribution in [0, 0.1) is 6.92 Å². The molecule has 1 heterocycles. The predicted molar refractivity (Wildman–Crippen MR) is 73.0 cm³/mol. The number of aromatic nitrogens is 1. The largest absolute Gasteiger partial charge is 0.438 e. The molecule has 0 fully saturated rings. The number of hydrogen-bond acceptors (Lipinski definition) is 2. The van der Waals surface area contributed by atoms with Gasteiger partial charge in [-0.2, -0.15) is 0 Å². The van der Waals surface area contributed by atoms with Crippen LogP contribution in [0.1, 0.15) is 5.56 Å². The molecule has 0 spiro atoms. The van der Waals surface area contributed by atoms with E-state index in [2.05, 4.69) is 30.1 Å². The van der Waals surface area contributed by atoms with Crippen molar-refractivity contribution >= 4 is 10.8 Å². The second kappa shape index (κ2) is 4.49. The van der Waals surface area contributed by atoms with Crippen molar-refractivity contribution in [2.45, 2.75) is 6.92 Å². The number of pyridine rings is 1. The number of hydrogen-bond donors (Lipinski definition) is 0. The Balaban J connectivity index is 2.09. The Morgan fingerprint density at radius 2 is 1.78 bits per heavy atom. The molecule has 3 rings (SSSR count). The molecule has 2 aromatic carbocycles. The van der Waals surface area contributed by atoms with Crippen molar-refractivity contribution in [1.29, 1.82) is 0 Å². The molecule has 0 N–H and O–H groups in total. The lowest BCUT2D eigenvalue weighted by atomic mass is 10.1. The average Bonchev–Trinajstić information content (AvgIpc) is 2.41. The van der Waals surface area contributed by atoms with Crippen LogP contribution in [0.2, 0.25) is 0 Å². The Morgan fingerprint density at radius 1 is 0.944 bits per heavy atom. The van der Waals surface area contributed by atoms with E-state index in [0.29, 0.717) is 5.88 Å². The maximum atomic E-state index is 5.84. The van der Waals surface area contributed by atoms with Gasteiger partial charge in [-0.1, -0.05) is 35.9 Å². The lowest BCUT2D eigenvalue weighted by Gasteiger charge is -2.08. The van der Waals surface area contributed by atoms with Crippen molar-refractivity contribution < 1.29 is 4.74 Å². The van der Waals surface area contributed by atoms with Gasteiger partial charge in [0.1, 0.15) is 5.75 Å². The highest BCUT2D eigenvalue weighted by Crippen LogP contribution is 2.28. The number of ether oxygens (including phenoxy) is 1. The van der Waals surface area contributed by atoms with Gasteiger partial charge < -0.3 is 4.74 Å². The van der Waals surface area contributed by atoms with Crippen molar-refractivity contribution in [2.24, 2.45) is 0 Å². The van der Waals surface area contributed by atoms with Crippen molar-refractivity contribution in [2.75, 3.05) is 0 Å². The van der Waals surface area contributed by atoms with Crippen LogP contribution in [0.25, 0.3) is 10.8 Å². The number of nitrogens with zero attached hydrogens (tertiary/aromatic N) is 1. The van der Waals surface area contributed by atoms with Crippen LogP contribution in [0.4, 0.5) is 0 Å². The van der Waals surface area contributed by atoms with E-state index in [1.165, 1.54) is 5.56 Å². The molecule has 0 saturated carbocycles. The summed E-state index contributed by atoms with van der Waals surface area (Å²) in [7, 11) is 0. The van der Waals surface area contributed by atoms with Gasteiger partial charge in [0.2, 0.25) is 5.88 Å². The number of fused-ring (bicyclic) bond motifs is 1. The molecule has 3 aromatic rings. The molecule has 18 heavy (non-hydrogen) atoms.